The second kappa shape index (κ2) is 2.78. The number of carbonyl (C=O) groups is 1. The molecule has 0 unspecified atom stereocenters. The van der Waals surface area contributed by atoms with Crippen molar-refractivity contribution in [2.45, 2.75) is 0 Å². The summed E-state index contributed by atoms with van der Waals surface area (Å²) in [6.45, 7) is 0. The van der Waals surface area contributed by atoms with Crippen LogP contribution in [0.25, 0.3) is 0 Å². The Morgan fingerprint density at radius 3 is 2.58 bits per heavy atom. The molecule has 7 heteroatoms. The molecule has 0 aromatic carbocycles. The number of nitro groups is 1. The van der Waals surface area contributed by atoms with Crippen LogP contribution in [-0.2, 0) is 0 Å². The van der Waals surface area contributed by atoms with E-state index in [2.05, 4.69) is 0 Å². The zero-order valence-corrected chi connectivity index (χ0v) is 6.37. The molecular formula is C5H3NO5S. The Morgan fingerprint density at radius 1 is 1.67 bits per heavy atom. The van der Waals surface area contributed by atoms with Crippen LogP contribution in [0.15, 0.2) is 5.38 Å². The Labute approximate surface area is 69.8 Å². The van der Waals surface area contributed by atoms with E-state index < -0.39 is 27.2 Å². The van der Waals surface area contributed by atoms with Gasteiger partial charge in [0, 0.05) is 5.38 Å². The molecule has 0 bridgehead atoms. The number of rotatable bonds is 2. The van der Waals surface area contributed by atoms with E-state index in [0.29, 0.717) is 11.3 Å². The molecule has 0 saturated heterocycles. The van der Waals surface area contributed by atoms with Crippen LogP contribution >= 0.6 is 11.3 Å². The summed E-state index contributed by atoms with van der Waals surface area (Å²) in [5.74, 6) is -2.02. The summed E-state index contributed by atoms with van der Waals surface area (Å²) in [4.78, 5) is 19.1. The topological polar surface area (TPSA) is 101 Å². The molecule has 2 N–H and O–H groups in total. The molecule has 0 amide bonds. The minimum Gasteiger partial charge on any atom is -0.501 e. The maximum atomic E-state index is 10.3. The lowest BCUT2D eigenvalue weighted by Crippen LogP contribution is -1.97. The van der Waals surface area contributed by atoms with Gasteiger partial charge in [0.05, 0.1) is 4.92 Å². The van der Waals surface area contributed by atoms with Crippen molar-refractivity contribution < 1.29 is 19.9 Å². The molecule has 1 aromatic heterocycles. The minimum absolute atomic E-state index is 0.461. The fourth-order valence-electron chi connectivity index (χ4n) is 0.671. The van der Waals surface area contributed by atoms with Crippen LogP contribution in [0.4, 0.5) is 5.69 Å². The first kappa shape index (κ1) is 8.47. The van der Waals surface area contributed by atoms with Crippen LogP contribution in [0.5, 0.6) is 5.75 Å². The zero-order valence-electron chi connectivity index (χ0n) is 5.55. The molecule has 0 radical (unpaired) electrons. The van der Waals surface area contributed by atoms with Gasteiger partial charge >= 0.3 is 11.7 Å². The van der Waals surface area contributed by atoms with Gasteiger partial charge < -0.3 is 10.2 Å². The van der Waals surface area contributed by atoms with Gasteiger partial charge in [0.1, 0.15) is 0 Å². The summed E-state index contributed by atoms with van der Waals surface area (Å²) in [5, 5.41) is 28.5. The van der Waals surface area contributed by atoms with Crippen molar-refractivity contribution in [2.75, 3.05) is 0 Å². The SMILES string of the molecule is O=C(O)c1scc(O)c1[N+](=O)[O-]. The van der Waals surface area contributed by atoms with Crippen LogP contribution in [0.3, 0.4) is 0 Å². The van der Waals surface area contributed by atoms with E-state index in [1.54, 1.807) is 0 Å². The largest absolute Gasteiger partial charge is 0.501 e. The summed E-state index contributed by atoms with van der Waals surface area (Å²) >= 11 is 0.621. The highest BCUT2D eigenvalue weighted by molar-refractivity contribution is 7.12. The molecule has 1 aromatic rings. The number of hydrogen-bond acceptors (Lipinski definition) is 5. The number of hydrogen-bond donors (Lipinski definition) is 2. The van der Waals surface area contributed by atoms with E-state index in [4.69, 9.17) is 10.2 Å². The molecule has 0 spiro atoms. The molecule has 0 aliphatic rings. The van der Waals surface area contributed by atoms with Crippen molar-refractivity contribution in [1.29, 1.82) is 0 Å². The molecule has 0 atom stereocenters. The zero-order chi connectivity index (χ0) is 9.30. The summed E-state index contributed by atoms with van der Waals surface area (Å²) in [7, 11) is 0. The van der Waals surface area contributed by atoms with E-state index >= 15 is 0 Å². The molecule has 0 aliphatic heterocycles. The van der Waals surface area contributed by atoms with Crippen molar-refractivity contribution >= 4 is 23.0 Å². The first-order valence-corrected chi connectivity index (χ1v) is 3.60. The van der Waals surface area contributed by atoms with Crippen molar-refractivity contribution in [3.8, 4) is 5.75 Å². The summed E-state index contributed by atoms with van der Waals surface area (Å²) in [5.41, 5.74) is -0.743. The van der Waals surface area contributed by atoms with Crippen LogP contribution < -0.4 is 0 Å². The second-order valence-corrected chi connectivity index (χ2v) is 2.74. The highest BCUT2D eigenvalue weighted by atomic mass is 32.1. The Kier molecular flexibility index (Phi) is 1.96. The molecule has 1 heterocycles. The first-order chi connectivity index (χ1) is 5.54. The van der Waals surface area contributed by atoms with Gasteiger partial charge in [-0.25, -0.2) is 4.79 Å². The van der Waals surface area contributed by atoms with Crippen molar-refractivity contribution in [1.82, 2.24) is 0 Å². The third-order valence-electron chi connectivity index (χ3n) is 1.12. The highest BCUT2D eigenvalue weighted by Gasteiger charge is 2.26. The quantitative estimate of drug-likeness (QED) is 0.535. The highest BCUT2D eigenvalue weighted by Crippen LogP contribution is 2.35. The van der Waals surface area contributed by atoms with Gasteiger partial charge in [0.2, 0.25) is 5.75 Å². The van der Waals surface area contributed by atoms with Gasteiger partial charge in [-0.1, -0.05) is 0 Å². The Hall–Kier alpha value is -1.63. The average Bonchev–Trinajstić information content (AvgIpc) is 2.30. The lowest BCUT2D eigenvalue weighted by molar-refractivity contribution is -0.385. The van der Waals surface area contributed by atoms with Crippen LogP contribution in [0.2, 0.25) is 0 Å². The van der Waals surface area contributed by atoms with Gasteiger partial charge in [0.25, 0.3) is 0 Å². The van der Waals surface area contributed by atoms with E-state index in [1.807, 2.05) is 0 Å². The standard InChI is InChI=1S/C5H3NO5S/c7-2-1-12-4(5(8)9)3(2)6(10)11/h1,7H,(H,8,9). The smallest absolute Gasteiger partial charge is 0.353 e. The van der Waals surface area contributed by atoms with Gasteiger partial charge in [-0.15, -0.1) is 11.3 Å². The van der Waals surface area contributed by atoms with Gasteiger partial charge in [0.15, 0.2) is 4.88 Å². The number of aromatic hydroxyl groups is 1. The number of aromatic carboxylic acids is 1. The fraction of sp³-hybridized carbons (Fsp3) is 0. The Morgan fingerprint density at radius 2 is 2.25 bits per heavy atom. The maximum Gasteiger partial charge on any atom is 0.353 e. The van der Waals surface area contributed by atoms with Crippen molar-refractivity contribution in [2.24, 2.45) is 0 Å². The predicted octanol–water partition coefficient (Wildman–Crippen LogP) is 1.06. The Bertz CT molecular complexity index is 344. The van der Waals surface area contributed by atoms with E-state index in [1.165, 1.54) is 0 Å². The molecule has 64 valence electrons. The van der Waals surface area contributed by atoms with E-state index in [9.17, 15) is 14.9 Å². The summed E-state index contributed by atoms with van der Waals surface area (Å²) in [6.07, 6.45) is 0. The summed E-state index contributed by atoms with van der Waals surface area (Å²) < 4.78 is 0. The molecule has 12 heavy (non-hydrogen) atoms. The third kappa shape index (κ3) is 1.21. The number of thiophene rings is 1. The van der Waals surface area contributed by atoms with Crippen LogP contribution in [0, 0.1) is 10.1 Å². The summed E-state index contributed by atoms with van der Waals surface area (Å²) in [6, 6.07) is 0. The lowest BCUT2D eigenvalue weighted by atomic mass is 10.4. The number of carboxylic acids is 1. The van der Waals surface area contributed by atoms with Gasteiger partial charge in [-0.05, 0) is 0 Å². The third-order valence-corrected chi connectivity index (χ3v) is 2.07. The minimum atomic E-state index is -1.41. The Balaban J connectivity index is 3.31. The fourth-order valence-corrected chi connectivity index (χ4v) is 1.40. The normalized spacial score (nSPS) is 9.67. The van der Waals surface area contributed by atoms with Crippen LogP contribution in [0.1, 0.15) is 9.67 Å². The monoisotopic (exact) mass is 189 g/mol. The van der Waals surface area contributed by atoms with Crippen molar-refractivity contribution in [3.63, 3.8) is 0 Å². The van der Waals surface area contributed by atoms with Crippen molar-refractivity contribution in [3.05, 3.63) is 20.4 Å². The maximum absolute atomic E-state index is 10.3. The van der Waals surface area contributed by atoms with Gasteiger partial charge in [-0.2, -0.15) is 0 Å². The van der Waals surface area contributed by atoms with E-state index in [-0.39, 0.29) is 0 Å². The molecule has 0 saturated carbocycles. The van der Waals surface area contributed by atoms with E-state index in [0.717, 1.165) is 5.38 Å². The molecule has 0 fully saturated rings. The molecule has 1 rings (SSSR count). The number of nitrogens with zero attached hydrogens (tertiary/aromatic N) is 1. The van der Waals surface area contributed by atoms with Crippen LogP contribution in [-0.4, -0.2) is 21.1 Å². The molecule has 0 aliphatic carbocycles. The second-order valence-electron chi connectivity index (χ2n) is 1.86. The number of carboxylic acid groups (broad SMARTS) is 1. The first-order valence-electron chi connectivity index (χ1n) is 2.72. The molecule has 6 nitrogen and oxygen atoms in total. The lowest BCUT2D eigenvalue weighted by Gasteiger charge is -1.89. The predicted molar refractivity (Wildman–Crippen MR) is 39.6 cm³/mol. The molecular weight excluding hydrogens is 186 g/mol. The average molecular weight is 189 g/mol. The van der Waals surface area contributed by atoms with Gasteiger partial charge in [-0.3, -0.25) is 10.1 Å².